The van der Waals surface area contributed by atoms with E-state index in [1.807, 2.05) is 37.3 Å². The van der Waals surface area contributed by atoms with Crippen LogP contribution in [0.1, 0.15) is 70.7 Å². The van der Waals surface area contributed by atoms with Gasteiger partial charge < -0.3 is 15.4 Å². The quantitative estimate of drug-likeness (QED) is 0.397. The first-order chi connectivity index (χ1) is 21.3. The predicted molar refractivity (Wildman–Crippen MR) is 168 cm³/mol. The number of carbonyl (C=O) groups is 4. The molecular weight excluding hydrogens is 598 g/mol. The molecule has 2 aromatic rings. The number of cyclic esters (lactones) is 1. The average molecular weight is 640 g/mol. The van der Waals surface area contributed by atoms with E-state index in [1.54, 1.807) is 26.0 Å². The average Bonchev–Trinajstić information content (AvgIpc) is 3.01. The van der Waals surface area contributed by atoms with E-state index >= 15 is 0 Å². The molecule has 2 saturated heterocycles. The maximum absolute atomic E-state index is 13.9. The first-order valence-corrected chi connectivity index (χ1v) is 17.3. The number of amides is 3. The Morgan fingerprint density at radius 1 is 0.978 bits per heavy atom. The van der Waals surface area contributed by atoms with Crippen molar-refractivity contribution in [2.24, 2.45) is 11.3 Å². The van der Waals surface area contributed by atoms with Crippen molar-refractivity contribution in [2.75, 3.05) is 18.1 Å². The van der Waals surface area contributed by atoms with Crippen LogP contribution in [0.4, 0.5) is 0 Å². The predicted octanol–water partition coefficient (Wildman–Crippen LogP) is 2.20. The van der Waals surface area contributed by atoms with Gasteiger partial charge in [0.15, 0.2) is 6.10 Å². The summed E-state index contributed by atoms with van der Waals surface area (Å²) < 4.78 is 30.6. The number of carbonyl (C=O) groups excluding carboxylic acids is 4. The van der Waals surface area contributed by atoms with Crippen LogP contribution in [0.25, 0.3) is 17.0 Å². The lowest BCUT2D eigenvalue weighted by Gasteiger charge is -2.36. The van der Waals surface area contributed by atoms with Crippen molar-refractivity contribution in [1.82, 2.24) is 26.1 Å². The summed E-state index contributed by atoms with van der Waals surface area (Å²) in [6, 6.07) is 7.37. The molecule has 13 heteroatoms. The molecule has 3 aliphatic heterocycles. The van der Waals surface area contributed by atoms with Crippen LogP contribution in [0.3, 0.4) is 0 Å². The van der Waals surface area contributed by atoms with E-state index < -0.39 is 63.2 Å². The largest absolute Gasteiger partial charge is 0.451 e. The fourth-order valence-corrected chi connectivity index (χ4v) is 7.48. The summed E-state index contributed by atoms with van der Waals surface area (Å²) in [4.78, 5) is 58.6. The molecule has 4 heterocycles. The van der Waals surface area contributed by atoms with E-state index in [-0.39, 0.29) is 30.3 Å². The molecule has 45 heavy (non-hydrogen) atoms. The molecule has 242 valence electrons. The van der Waals surface area contributed by atoms with Crippen molar-refractivity contribution in [2.45, 2.75) is 77.6 Å². The molecule has 3 amide bonds. The number of ether oxygens (including phenoxy) is 1. The highest BCUT2D eigenvalue weighted by Crippen LogP contribution is 2.37. The number of hydrogen-bond donors (Lipinski definition) is 3. The highest BCUT2D eigenvalue weighted by Gasteiger charge is 2.45. The maximum Gasteiger partial charge on any atom is 0.316 e. The Bertz CT molecular complexity index is 1630. The van der Waals surface area contributed by atoms with Gasteiger partial charge in [-0.3, -0.25) is 29.2 Å². The number of esters is 1. The number of aromatic nitrogens is 1. The second-order valence-electron chi connectivity index (χ2n) is 12.7. The molecule has 0 aliphatic carbocycles. The number of nitrogens with zero attached hydrogens (tertiary/aromatic N) is 2. The van der Waals surface area contributed by atoms with E-state index in [2.05, 4.69) is 16.1 Å². The molecule has 1 aromatic heterocycles. The van der Waals surface area contributed by atoms with Crippen LogP contribution in [0.15, 0.2) is 36.4 Å². The highest BCUT2D eigenvalue weighted by atomic mass is 32.2. The summed E-state index contributed by atoms with van der Waals surface area (Å²) in [7, 11) is -3.32. The first kappa shape index (κ1) is 32.6. The molecule has 4 atom stereocenters. The molecule has 1 aromatic carbocycles. The van der Waals surface area contributed by atoms with E-state index in [0.717, 1.165) is 10.9 Å². The lowest BCUT2D eigenvalue weighted by molar-refractivity contribution is -0.167. The molecule has 0 unspecified atom stereocenters. The molecule has 5 bridgehead atoms. The topological polar surface area (TPSA) is 164 Å². The number of sulfone groups is 1. The Labute approximate surface area is 263 Å². The van der Waals surface area contributed by atoms with Crippen LogP contribution in [-0.2, 0) is 33.8 Å². The minimum Gasteiger partial charge on any atom is -0.451 e. The van der Waals surface area contributed by atoms with Crippen molar-refractivity contribution in [1.29, 1.82) is 0 Å². The Hall–Kier alpha value is -3.84. The summed E-state index contributed by atoms with van der Waals surface area (Å²) in [6.07, 6.45) is 3.36. The van der Waals surface area contributed by atoms with Gasteiger partial charge in [0.2, 0.25) is 5.91 Å². The first-order valence-electron chi connectivity index (χ1n) is 15.5. The number of hydrogen-bond acceptors (Lipinski definition) is 9. The highest BCUT2D eigenvalue weighted by molar-refractivity contribution is 7.91. The van der Waals surface area contributed by atoms with Crippen molar-refractivity contribution < 1.29 is 32.3 Å². The summed E-state index contributed by atoms with van der Waals surface area (Å²) in [5.74, 6) is -2.84. The number of hydrazine groups is 1. The van der Waals surface area contributed by atoms with Gasteiger partial charge in [-0.1, -0.05) is 44.2 Å². The van der Waals surface area contributed by atoms with E-state index in [9.17, 15) is 27.6 Å². The number of rotatable bonds is 1. The number of fused-ring (bicyclic) bond motifs is 4. The molecule has 3 aliphatic rings. The minimum atomic E-state index is -3.32. The molecule has 2 fully saturated rings. The Balaban J connectivity index is 1.55. The zero-order chi connectivity index (χ0) is 32.5. The van der Waals surface area contributed by atoms with Crippen molar-refractivity contribution in [3.8, 4) is 0 Å². The summed E-state index contributed by atoms with van der Waals surface area (Å²) in [5.41, 5.74) is 3.82. The number of nitrogens with one attached hydrogen (secondary N) is 3. The zero-order valence-corrected chi connectivity index (χ0v) is 26.9. The summed E-state index contributed by atoms with van der Waals surface area (Å²) >= 11 is 0. The lowest BCUT2D eigenvalue weighted by atomic mass is 9.81. The molecule has 0 saturated carbocycles. The molecular formula is C32H41N5O7S. The van der Waals surface area contributed by atoms with Crippen LogP contribution in [0.2, 0.25) is 0 Å². The third-order valence-corrected chi connectivity index (χ3v) is 10.5. The SMILES string of the molecule is CC(C)[C@@H]1OC(=O)C2(C=Cc3ccc4ccc(nc4c3)[C@@H](C)NC(=O)[C@@H]3CCCN(N3)C(=O)[C@H](C)NC1=O)CCS(=O)(=O)CC2. The smallest absolute Gasteiger partial charge is 0.316 e. The molecule has 12 nitrogen and oxygen atoms in total. The minimum absolute atomic E-state index is 0.0149. The molecule has 1 spiro atoms. The van der Waals surface area contributed by atoms with Crippen molar-refractivity contribution in [3.05, 3.63) is 47.7 Å². The van der Waals surface area contributed by atoms with Gasteiger partial charge in [-0.05, 0) is 63.1 Å². The molecule has 0 radical (unpaired) electrons. The molecule has 5 rings (SSSR count). The van der Waals surface area contributed by atoms with Crippen molar-refractivity contribution in [3.63, 3.8) is 0 Å². The lowest BCUT2D eigenvalue weighted by Crippen LogP contribution is -2.61. The van der Waals surface area contributed by atoms with Gasteiger partial charge in [0, 0.05) is 11.9 Å². The second-order valence-corrected chi connectivity index (χ2v) is 15.0. The van der Waals surface area contributed by atoms with Gasteiger partial charge in [-0.15, -0.1) is 0 Å². The van der Waals surface area contributed by atoms with Gasteiger partial charge in [0.1, 0.15) is 21.9 Å². The van der Waals surface area contributed by atoms with Crippen LogP contribution in [0.5, 0.6) is 0 Å². The van der Waals surface area contributed by atoms with Crippen LogP contribution in [0, 0.1) is 11.3 Å². The number of benzene rings is 1. The van der Waals surface area contributed by atoms with Crippen LogP contribution in [-0.4, -0.2) is 78.3 Å². The fraction of sp³-hybridized carbons (Fsp3) is 0.531. The van der Waals surface area contributed by atoms with Gasteiger partial charge in [-0.2, -0.15) is 0 Å². The Morgan fingerprint density at radius 3 is 2.38 bits per heavy atom. The van der Waals surface area contributed by atoms with Gasteiger partial charge >= 0.3 is 5.97 Å². The normalized spacial score (nSPS) is 27.7. The number of pyridine rings is 1. The van der Waals surface area contributed by atoms with E-state index in [0.29, 0.717) is 30.6 Å². The van der Waals surface area contributed by atoms with E-state index in [1.165, 1.54) is 11.9 Å². The fourth-order valence-electron chi connectivity index (χ4n) is 5.93. The Kier molecular flexibility index (Phi) is 9.31. The van der Waals surface area contributed by atoms with E-state index in [4.69, 9.17) is 9.72 Å². The molecule has 3 N–H and O–H groups in total. The van der Waals surface area contributed by atoms with Gasteiger partial charge in [0.05, 0.1) is 34.2 Å². The Morgan fingerprint density at radius 2 is 1.67 bits per heavy atom. The van der Waals surface area contributed by atoms with Crippen LogP contribution >= 0.6 is 0 Å². The standard InChI is InChI=1S/C32H41N5O7S/c1-19(2)27-29(39)34-21(4)30(40)37-15-5-6-25(36-37)28(38)33-20(3)24-10-9-23-8-7-22(18-26(23)35-24)11-12-32(31(41)44-27)13-16-45(42,43)17-14-32/h7-12,18-21,25,27,36H,5-6,13-17H2,1-4H3,(H,33,38)(H,34,39)/t20-,21+,25+,27+/m1/s1. The third-order valence-electron chi connectivity index (χ3n) is 8.86. The van der Waals surface area contributed by atoms with Gasteiger partial charge in [0.25, 0.3) is 11.8 Å². The zero-order valence-electron chi connectivity index (χ0n) is 26.0. The van der Waals surface area contributed by atoms with Crippen LogP contribution < -0.4 is 16.1 Å². The third kappa shape index (κ3) is 7.19. The maximum atomic E-state index is 13.9. The second kappa shape index (κ2) is 12.9. The van der Waals surface area contributed by atoms with Gasteiger partial charge in [-0.25, -0.2) is 13.8 Å². The monoisotopic (exact) mass is 639 g/mol. The summed E-state index contributed by atoms with van der Waals surface area (Å²) in [5, 5.41) is 7.90. The van der Waals surface area contributed by atoms with Crippen molar-refractivity contribution >= 4 is 50.5 Å². The summed E-state index contributed by atoms with van der Waals surface area (Å²) in [6.45, 7) is 7.19.